The van der Waals surface area contributed by atoms with Gasteiger partial charge in [-0.3, -0.25) is 4.79 Å². The molecule has 0 N–H and O–H groups in total. The van der Waals surface area contributed by atoms with Crippen LogP contribution in [0.1, 0.15) is 26.2 Å². The first kappa shape index (κ1) is 13.8. The van der Waals surface area contributed by atoms with Crippen LogP contribution in [0.3, 0.4) is 0 Å². The maximum Gasteiger partial charge on any atom is 0.260 e. The number of amides is 1. The molecular formula is C14H17F2NO2. The molecule has 1 saturated heterocycles. The molecule has 1 aliphatic heterocycles. The van der Waals surface area contributed by atoms with Crippen molar-refractivity contribution in [1.82, 2.24) is 4.90 Å². The van der Waals surface area contributed by atoms with Crippen LogP contribution in [0.2, 0.25) is 0 Å². The van der Waals surface area contributed by atoms with Crippen molar-refractivity contribution < 1.29 is 18.3 Å². The number of hydrogen-bond acceptors (Lipinski definition) is 2. The molecule has 0 bridgehead atoms. The third-order valence-electron chi connectivity index (χ3n) is 3.37. The van der Waals surface area contributed by atoms with Gasteiger partial charge in [-0.2, -0.15) is 0 Å². The molecular weight excluding hydrogens is 252 g/mol. The van der Waals surface area contributed by atoms with Crippen molar-refractivity contribution in [1.29, 1.82) is 0 Å². The molecule has 0 radical (unpaired) electrons. The second-order valence-corrected chi connectivity index (χ2v) is 4.80. The van der Waals surface area contributed by atoms with Crippen molar-refractivity contribution in [3.63, 3.8) is 0 Å². The van der Waals surface area contributed by atoms with Crippen molar-refractivity contribution in [3.8, 4) is 5.75 Å². The highest BCUT2D eigenvalue weighted by molar-refractivity contribution is 5.78. The number of rotatable bonds is 3. The molecule has 1 aromatic rings. The standard InChI is InChI=1S/C14H17F2NO2/c1-10-4-2-3-7-17(10)14(18)9-19-13-6-5-11(15)8-12(13)16/h5-6,8,10H,2-4,7,9H2,1H3. The van der Waals surface area contributed by atoms with Crippen molar-refractivity contribution in [2.45, 2.75) is 32.2 Å². The van der Waals surface area contributed by atoms with Crippen LogP contribution in [-0.4, -0.2) is 30.0 Å². The van der Waals surface area contributed by atoms with Crippen LogP contribution in [0.5, 0.6) is 5.75 Å². The third kappa shape index (κ3) is 3.43. The Balaban J connectivity index is 1.92. The minimum atomic E-state index is -0.792. The van der Waals surface area contributed by atoms with E-state index in [2.05, 4.69) is 0 Å². The second-order valence-electron chi connectivity index (χ2n) is 4.80. The molecule has 1 aromatic carbocycles. The Labute approximate surface area is 111 Å². The number of benzene rings is 1. The van der Waals surface area contributed by atoms with Gasteiger partial charge in [0.2, 0.25) is 0 Å². The average molecular weight is 269 g/mol. The lowest BCUT2D eigenvalue weighted by Gasteiger charge is -2.33. The summed E-state index contributed by atoms with van der Waals surface area (Å²) in [5.41, 5.74) is 0. The molecule has 1 unspecified atom stereocenters. The summed E-state index contributed by atoms with van der Waals surface area (Å²) in [4.78, 5) is 13.7. The van der Waals surface area contributed by atoms with Gasteiger partial charge in [0.15, 0.2) is 18.2 Å². The molecule has 0 aliphatic carbocycles. The Morgan fingerprint density at radius 3 is 2.89 bits per heavy atom. The monoisotopic (exact) mass is 269 g/mol. The highest BCUT2D eigenvalue weighted by Gasteiger charge is 2.23. The molecule has 3 nitrogen and oxygen atoms in total. The van der Waals surface area contributed by atoms with E-state index in [1.54, 1.807) is 4.90 Å². The van der Waals surface area contributed by atoms with Gasteiger partial charge in [0, 0.05) is 18.7 Å². The normalized spacial score (nSPS) is 19.3. The van der Waals surface area contributed by atoms with Gasteiger partial charge >= 0.3 is 0 Å². The van der Waals surface area contributed by atoms with Crippen molar-refractivity contribution in [2.75, 3.05) is 13.2 Å². The molecule has 1 amide bonds. The van der Waals surface area contributed by atoms with Gasteiger partial charge in [0.25, 0.3) is 5.91 Å². The predicted molar refractivity (Wildman–Crippen MR) is 66.9 cm³/mol. The Kier molecular flexibility index (Phi) is 4.35. The summed E-state index contributed by atoms with van der Waals surface area (Å²) >= 11 is 0. The molecule has 2 rings (SSSR count). The Morgan fingerprint density at radius 1 is 1.42 bits per heavy atom. The molecule has 1 aliphatic rings. The van der Waals surface area contributed by atoms with Crippen LogP contribution in [0.15, 0.2) is 18.2 Å². The van der Waals surface area contributed by atoms with E-state index < -0.39 is 11.6 Å². The number of carbonyl (C=O) groups is 1. The van der Waals surface area contributed by atoms with Gasteiger partial charge in [-0.1, -0.05) is 0 Å². The fourth-order valence-electron chi connectivity index (χ4n) is 2.28. The quantitative estimate of drug-likeness (QED) is 0.844. The number of hydrogen-bond donors (Lipinski definition) is 0. The smallest absolute Gasteiger partial charge is 0.260 e. The minimum Gasteiger partial charge on any atom is -0.481 e. The molecule has 1 fully saturated rings. The van der Waals surface area contributed by atoms with E-state index in [1.165, 1.54) is 6.07 Å². The van der Waals surface area contributed by atoms with Crippen molar-refractivity contribution >= 4 is 5.91 Å². The molecule has 1 atom stereocenters. The summed E-state index contributed by atoms with van der Waals surface area (Å²) in [7, 11) is 0. The number of nitrogens with zero attached hydrogens (tertiary/aromatic N) is 1. The van der Waals surface area contributed by atoms with Crippen molar-refractivity contribution in [2.24, 2.45) is 0 Å². The number of ether oxygens (including phenoxy) is 1. The molecule has 1 heterocycles. The first-order valence-electron chi connectivity index (χ1n) is 6.45. The lowest BCUT2D eigenvalue weighted by Crippen LogP contribution is -2.44. The summed E-state index contributed by atoms with van der Waals surface area (Å²) < 4.78 is 31.2. The number of carbonyl (C=O) groups excluding carboxylic acids is 1. The molecule has 0 saturated carbocycles. The zero-order chi connectivity index (χ0) is 13.8. The highest BCUT2D eigenvalue weighted by Crippen LogP contribution is 2.19. The molecule has 19 heavy (non-hydrogen) atoms. The van der Waals surface area contributed by atoms with E-state index in [1.807, 2.05) is 6.92 Å². The number of piperidine rings is 1. The van der Waals surface area contributed by atoms with Gasteiger partial charge < -0.3 is 9.64 Å². The fraction of sp³-hybridized carbons (Fsp3) is 0.500. The van der Waals surface area contributed by atoms with Gasteiger partial charge in [-0.15, -0.1) is 0 Å². The lowest BCUT2D eigenvalue weighted by atomic mass is 10.0. The van der Waals surface area contributed by atoms with Gasteiger partial charge in [-0.05, 0) is 38.3 Å². The molecule has 5 heteroatoms. The van der Waals surface area contributed by atoms with Crippen LogP contribution in [-0.2, 0) is 4.79 Å². The zero-order valence-corrected chi connectivity index (χ0v) is 10.9. The van der Waals surface area contributed by atoms with Crippen LogP contribution in [0.4, 0.5) is 8.78 Å². The van der Waals surface area contributed by atoms with E-state index in [4.69, 9.17) is 4.74 Å². The van der Waals surface area contributed by atoms with Crippen LogP contribution < -0.4 is 4.74 Å². The summed E-state index contributed by atoms with van der Waals surface area (Å²) in [5, 5.41) is 0. The molecule has 0 spiro atoms. The highest BCUT2D eigenvalue weighted by atomic mass is 19.1. The number of likely N-dealkylation sites (tertiary alicyclic amines) is 1. The Morgan fingerprint density at radius 2 is 2.21 bits per heavy atom. The molecule has 0 aromatic heterocycles. The van der Waals surface area contributed by atoms with E-state index in [9.17, 15) is 13.6 Å². The van der Waals surface area contributed by atoms with E-state index in [0.717, 1.165) is 37.9 Å². The fourth-order valence-corrected chi connectivity index (χ4v) is 2.28. The summed E-state index contributed by atoms with van der Waals surface area (Å²) in [6.07, 6.45) is 3.09. The van der Waals surface area contributed by atoms with Gasteiger partial charge in [0.05, 0.1) is 0 Å². The zero-order valence-electron chi connectivity index (χ0n) is 10.9. The molecule has 104 valence electrons. The number of halogens is 2. The van der Waals surface area contributed by atoms with Crippen LogP contribution in [0, 0.1) is 11.6 Å². The predicted octanol–water partition coefficient (Wildman–Crippen LogP) is 2.74. The first-order valence-corrected chi connectivity index (χ1v) is 6.45. The van der Waals surface area contributed by atoms with E-state index in [0.29, 0.717) is 0 Å². The maximum absolute atomic E-state index is 13.3. The van der Waals surface area contributed by atoms with E-state index >= 15 is 0 Å². The van der Waals surface area contributed by atoms with Gasteiger partial charge in [0.1, 0.15) is 5.82 Å². The lowest BCUT2D eigenvalue weighted by molar-refractivity contribution is -0.136. The Hall–Kier alpha value is -1.65. The van der Waals surface area contributed by atoms with Crippen molar-refractivity contribution in [3.05, 3.63) is 29.8 Å². The SMILES string of the molecule is CC1CCCCN1C(=O)COc1ccc(F)cc1F. The maximum atomic E-state index is 13.3. The summed E-state index contributed by atoms with van der Waals surface area (Å²) in [6, 6.07) is 3.23. The average Bonchev–Trinajstić information content (AvgIpc) is 2.38. The minimum absolute atomic E-state index is 0.0978. The topological polar surface area (TPSA) is 29.5 Å². The Bertz CT molecular complexity index is 465. The third-order valence-corrected chi connectivity index (χ3v) is 3.37. The first-order chi connectivity index (χ1) is 9.08. The summed E-state index contributed by atoms with van der Waals surface area (Å²) in [5.74, 6) is -1.71. The van der Waals surface area contributed by atoms with Crippen LogP contribution >= 0.6 is 0 Å². The van der Waals surface area contributed by atoms with E-state index in [-0.39, 0.29) is 24.3 Å². The summed E-state index contributed by atoms with van der Waals surface area (Å²) in [6.45, 7) is 2.50. The van der Waals surface area contributed by atoms with Crippen LogP contribution in [0.25, 0.3) is 0 Å². The van der Waals surface area contributed by atoms with Gasteiger partial charge in [-0.25, -0.2) is 8.78 Å². The largest absolute Gasteiger partial charge is 0.481 e. The second kappa shape index (κ2) is 5.99.